The maximum Gasteiger partial charge on any atom is 0.357 e. The van der Waals surface area contributed by atoms with Crippen molar-refractivity contribution in [3.63, 3.8) is 0 Å². The van der Waals surface area contributed by atoms with Crippen molar-refractivity contribution in [1.82, 2.24) is 9.55 Å². The number of rotatable bonds is 8. The van der Waals surface area contributed by atoms with E-state index in [1.54, 1.807) is 6.92 Å². The molecule has 2 aromatic rings. The zero-order valence-corrected chi connectivity index (χ0v) is 15.6. The molecule has 1 heterocycles. The highest BCUT2D eigenvalue weighted by Crippen LogP contribution is 2.28. The average Bonchev–Trinajstić information content (AvgIpc) is 2.94. The Bertz CT molecular complexity index is 933. The smallest absolute Gasteiger partial charge is 0.357 e. The van der Waals surface area contributed by atoms with Gasteiger partial charge in [0.05, 0.1) is 5.69 Å². The van der Waals surface area contributed by atoms with E-state index in [4.69, 9.17) is 9.71 Å². The Kier molecular flexibility index (Phi) is 6.23. The Balaban J connectivity index is 2.52. The molecule has 0 fully saturated rings. The van der Waals surface area contributed by atoms with E-state index in [1.165, 1.54) is 22.8 Å². The van der Waals surface area contributed by atoms with Crippen LogP contribution in [-0.4, -0.2) is 24.5 Å². The van der Waals surface area contributed by atoms with Crippen molar-refractivity contribution >= 4 is 10.1 Å². The molecular formula is C16H20FN5O3S. The molecule has 8 nitrogen and oxygen atoms in total. The van der Waals surface area contributed by atoms with Crippen molar-refractivity contribution in [2.45, 2.75) is 44.7 Å². The molecule has 0 unspecified atom stereocenters. The second-order valence-electron chi connectivity index (χ2n) is 5.82. The predicted octanol–water partition coefficient (Wildman–Crippen LogP) is 3.79. The quantitative estimate of drug-likeness (QED) is 0.300. The molecule has 0 saturated heterocycles. The molecule has 0 aliphatic carbocycles. The first-order valence-electron chi connectivity index (χ1n) is 8.10. The lowest BCUT2D eigenvalue weighted by atomic mass is 10.1. The molecule has 0 saturated carbocycles. The van der Waals surface area contributed by atoms with Gasteiger partial charge < -0.3 is 8.75 Å². The molecule has 0 aliphatic rings. The third kappa shape index (κ3) is 4.33. The van der Waals surface area contributed by atoms with Crippen LogP contribution in [0.5, 0.6) is 5.75 Å². The molecule has 2 rings (SSSR count). The minimum atomic E-state index is -4.23. The largest absolute Gasteiger partial charge is 0.378 e. The van der Waals surface area contributed by atoms with Gasteiger partial charge in [0.25, 0.3) is 0 Å². The summed E-state index contributed by atoms with van der Waals surface area (Å²) in [5.41, 5.74) is 8.78. The minimum absolute atomic E-state index is 0.0600. The molecule has 26 heavy (non-hydrogen) atoms. The molecule has 0 atom stereocenters. The maximum atomic E-state index is 13.3. The van der Waals surface area contributed by atoms with Gasteiger partial charge in [-0.3, -0.25) is 0 Å². The SMILES string of the molecule is CCn1c(CCN=[N+]=[N-])nc(C(C)C)c1S(=O)(=O)Oc1cccc(F)c1. The summed E-state index contributed by atoms with van der Waals surface area (Å²) in [5.74, 6) is -0.396. The van der Waals surface area contributed by atoms with Gasteiger partial charge in [0.15, 0.2) is 5.03 Å². The number of aromatic nitrogens is 2. The molecule has 10 heteroatoms. The Morgan fingerprint density at radius 3 is 2.73 bits per heavy atom. The Morgan fingerprint density at radius 1 is 1.42 bits per heavy atom. The van der Waals surface area contributed by atoms with Crippen LogP contribution in [-0.2, 0) is 23.1 Å². The monoisotopic (exact) mass is 381 g/mol. The van der Waals surface area contributed by atoms with Crippen molar-refractivity contribution in [2.75, 3.05) is 6.54 Å². The number of imidazole rings is 1. The number of benzene rings is 1. The van der Waals surface area contributed by atoms with Crippen molar-refractivity contribution in [2.24, 2.45) is 5.11 Å². The zero-order chi connectivity index (χ0) is 19.3. The number of hydrogen-bond acceptors (Lipinski definition) is 5. The Hall–Kier alpha value is -2.58. The van der Waals surface area contributed by atoms with E-state index in [0.29, 0.717) is 24.5 Å². The van der Waals surface area contributed by atoms with Crippen LogP contribution in [0.2, 0.25) is 0 Å². The lowest BCUT2D eigenvalue weighted by Crippen LogP contribution is -2.18. The molecule has 1 aromatic heterocycles. The highest BCUT2D eigenvalue weighted by molar-refractivity contribution is 7.87. The van der Waals surface area contributed by atoms with Gasteiger partial charge in [0.2, 0.25) is 0 Å². The lowest BCUT2D eigenvalue weighted by Gasteiger charge is -2.13. The Labute approximate surface area is 151 Å². The zero-order valence-electron chi connectivity index (χ0n) is 14.8. The Morgan fingerprint density at radius 2 is 2.15 bits per heavy atom. The fourth-order valence-corrected chi connectivity index (χ4v) is 4.02. The summed E-state index contributed by atoms with van der Waals surface area (Å²) in [6.45, 7) is 5.92. The first-order valence-corrected chi connectivity index (χ1v) is 9.51. The molecule has 0 spiro atoms. The summed E-state index contributed by atoms with van der Waals surface area (Å²) in [5, 5.41) is 3.41. The van der Waals surface area contributed by atoms with E-state index in [-0.39, 0.29) is 23.2 Å². The highest BCUT2D eigenvalue weighted by Gasteiger charge is 2.30. The van der Waals surface area contributed by atoms with Crippen LogP contribution >= 0.6 is 0 Å². The van der Waals surface area contributed by atoms with E-state index in [0.717, 1.165) is 6.07 Å². The van der Waals surface area contributed by atoms with Gasteiger partial charge >= 0.3 is 10.1 Å². The van der Waals surface area contributed by atoms with Gasteiger partial charge in [-0.15, -0.1) is 0 Å². The third-order valence-corrected chi connectivity index (χ3v) is 4.94. The van der Waals surface area contributed by atoms with Crippen LogP contribution < -0.4 is 4.18 Å². The molecule has 140 valence electrons. The highest BCUT2D eigenvalue weighted by atomic mass is 32.2. The molecule has 0 radical (unpaired) electrons. The summed E-state index contributed by atoms with van der Waals surface area (Å²) in [7, 11) is -4.23. The molecule has 0 bridgehead atoms. The van der Waals surface area contributed by atoms with Gasteiger partial charge in [0.1, 0.15) is 17.4 Å². The third-order valence-electron chi connectivity index (χ3n) is 3.63. The summed E-state index contributed by atoms with van der Waals surface area (Å²) in [6, 6.07) is 4.93. The summed E-state index contributed by atoms with van der Waals surface area (Å²) in [6.07, 6.45) is 0.299. The number of halogens is 1. The van der Waals surface area contributed by atoms with E-state index >= 15 is 0 Å². The molecule has 0 amide bonds. The first kappa shape index (κ1) is 19.7. The lowest BCUT2D eigenvalue weighted by molar-refractivity contribution is 0.467. The fraction of sp³-hybridized carbons (Fsp3) is 0.438. The first-order chi connectivity index (χ1) is 12.3. The molecular weight excluding hydrogens is 361 g/mol. The predicted molar refractivity (Wildman–Crippen MR) is 93.9 cm³/mol. The van der Waals surface area contributed by atoms with Crippen LogP contribution in [0.3, 0.4) is 0 Å². The van der Waals surface area contributed by atoms with Crippen LogP contribution in [0, 0.1) is 5.82 Å². The summed E-state index contributed by atoms with van der Waals surface area (Å²) >= 11 is 0. The van der Waals surface area contributed by atoms with Gasteiger partial charge in [0, 0.05) is 30.5 Å². The van der Waals surface area contributed by atoms with Crippen molar-refractivity contribution in [3.8, 4) is 5.75 Å². The second kappa shape index (κ2) is 8.20. The average molecular weight is 381 g/mol. The normalized spacial score (nSPS) is 11.4. The fourth-order valence-electron chi connectivity index (χ4n) is 2.54. The minimum Gasteiger partial charge on any atom is -0.378 e. The summed E-state index contributed by atoms with van der Waals surface area (Å²) in [4.78, 5) is 7.12. The van der Waals surface area contributed by atoms with E-state index in [2.05, 4.69) is 15.0 Å². The van der Waals surface area contributed by atoms with Crippen LogP contribution in [0.4, 0.5) is 4.39 Å². The summed E-state index contributed by atoms with van der Waals surface area (Å²) < 4.78 is 45.7. The molecule has 0 N–H and O–H groups in total. The van der Waals surface area contributed by atoms with Crippen LogP contribution in [0.1, 0.15) is 38.2 Å². The van der Waals surface area contributed by atoms with Gasteiger partial charge in [-0.25, -0.2) is 9.37 Å². The van der Waals surface area contributed by atoms with Crippen molar-refractivity contribution in [1.29, 1.82) is 0 Å². The van der Waals surface area contributed by atoms with E-state index in [1.807, 2.05) is 13.8 Å². The molecule has 0 aliphatic heterocycles. The standard InChI is InChI=1S/C16H20FN5O3S/c1-4-22-14(8-9-19-21-18)20-15(11(2)3)16(22)26(23,24)25-13-7-5-6-12(17)10-13/h5-7,10-11H,4,8-9H2,1-3H3. The van der Waals surface area contributed by atoms with E-state index in [9.17, 15) is 12.8 Å². The van der Waals surface area contributed by atoms with Gasteiger partial charge in [-0.2, -0.15) is 8.42 Å². The van der Waals surface area contributed by atoms with Gasteiger partial charge in [-0.05, 0) is 30.5 Å². The second-order valence-corrected chi connectivity index (χ2v) is 7.28. The van der Waals surface area contributed by atoms with E-state index < -0.39 is 15.9 Å². The van der Waals surface area contributed by atoms with Gasteiger partial charge in [-0.1, -0.05) is 25.0 Å². The van der Waals surface area contributed by atoms with Crippen LogP contribution in [0.25, 0.3) is 10.4 Å². The number of azide groups is 1. The van der Waals surface area contributed by atoms with Crippen molar-refractivity contribution in [3.05, 3.63) is 52.0 Å². The number of nitrogens with zero attached hydrogens (tertiary/aromatic N) is 5. The maximum absolute atomic E-state index is 13.3. The molecule has 1 aromatic carbocycles. The number of hydrogen-bond donors (Lipinski definition) is 0. The van der Waals surface area contributed by atoms with Crippen molar-refractivity contribution < 1.29 is 17.0 Å². The topological polar surface area (TPSA) is 110 Å². The van der Waals surface area contributed by atoms with Crippen LogP contribution in [0.15, 0.2) is 34.4 Å².